The van der Waals surface area contributed by atoms with Crippen LogP contribution in [0, 0.1) is 0 Å². The predicted molar refractivity (Wildman–Crippen MR) is 67.0 cm³/mol. The summed E-state index contributed by atoms with van der Waals surface area (Å²) < 4.78 is 0. The fourth-order valence-corrected chi connectivity index (χ4v) is 1.54. The molecule has 7 heteroatoms. The molecule has 1 aromatic rings. The first-order valence-electron chi connectivity index (χ1n) is 5.61. The van der Waals surface area contributed by atoms with Crippen LogP contribution in [0.4, 0.5) is 0 Å². The number of aromatic hydroxyl groups is 2. The molecule has 1 amide bonds. The van der Waals surface area contributed by atoms with E-state index in [1.165, 1.54) is 18.2 Å². The quantitative estimate of drug-likeness (QED) is 0.441. The summed E-state index contributed by atoms with van der Waals surface area (Å²) in [7, 11) is 1.58. The molecule has 19 heavy (non-hydrogen) atoms. The van der Waals surface area contributed by atoms with Crippen LogP contribution in [0.15, 0.2) is 18.2 Å². The molecule has 104 valence electrons. The summed E-state index contributed by atoms with van der Waals surface area (Å²) in [6.07, 6.45) is 0.0125. The molecule has 0 aliphatic heterocycles. The molecular weight excluding hydrogens is 252 g/mol. The van der Waals surface area contributed by atoms with E-state index in [9.17, 15) is 14.7 Å². The van der Waals surface area contributed by atoms with E-state index in [-0.39, 0.29) is 24.5 Å². The van der Waals surface area contributed by atoms with Crippen molar-refractivity contribution in [3.8, 4) is 11.5 Å². The highest BCUT2D eigenvalue weighted by atomic mass is 16.4. The molecule has 0 heterocycles. The molecule has 5 N–H and O–H groups in total. The van der Waals surface area contributed by atoms with Crippen LogP contribution in [-0.2, 0) is 16.0 Å². The molecule has 0 spiro atoms. The predicted octanol–water partition coefficient (Wildman–Crippen LogP) is -0.571. The third-order valence-corrected chi connectivity index (χ3v) is 2.45. The SMILES string of the molecule is CNCC(=O)N[C@@H](Cc1ccc(O)c(O)c1)C(=O)O. The van der Waals surface area contributed by atoms with Crippen molar-refractivity contribution in [2.75, 3.05) is 13.6 Å². The number of carboxylic acids is 1. The van der Waals surface area contributed by atoms with Crippen molar-refractivity contribution in [1.82, 2.24) is 10.6 Å². The largest absolute Gasteiger partial charge is 0.504 e. The lowest BCUT2D eigenvalue weighted by Gasteiger charge is -2.14. The number of nitrogens with one attached hydrogen (secondary N) is 2. The third kappa shape index (κ3) is 4.47. The molecule has 0 aliphatic rings. The summed E-state index contributed by atoms with van der Waals surface area (Å²) in [6.45, 7) is 0.0185. The Kier molecular flexibility index (Phi) is 5.13. The Bertz CT molecular complexity index is 475. The molecule has 1 aromatic carbocycles. The molecule has 0 fully saturated rings. The zero-order valence-electron chi connectivity index (χ0n) is 10.4. The van der Waals surface area contributed by atoms with Gasteiger partial charge < -0.3 is 26.0 Å². The van der Waals surface area contributed by atoms with Crippen LogP contribution < -0.4 is 10.6 Å². The molecule has 1 rings (SSSR count). The number of amides is 1. The number of phenols is 2. The van der Waals surface area contributed by atoms with E-state index in [1.54, 1.807) is 7.05 Å². The van der Waals surface area contributed by atoms with Gasteiger partial charge in [0.1, 0.15) is 6.04 Å². The van der Waals surface area contributed by atoms with Crippen molar-refractivity contribution in [1.29, 1.82) is 0 Å². The molecular formula is C12H16N2O5. The standard InChI is InChI=1S/C12H16N2O5/c1-13-6-11(17)14-8(12(18)19)4-7-2-3-9(15)10(16)5-7/h2-3,5,8,13,15-16H,4,6H2,1H3,(H,14,17)(H,18,19)/t8-/m0/s1. The Morgan fingerprint density at radius 3 is 2.47 bits per heavy atom. The van der Waals surface area contributed by atoms with Crippen molar-refractivity contribution in [2.24, 2.45) is 0 Å². The minimum atomic E-state index is -1.17. The van der Waals surface area contributed by atoms with Crippen LogP contribution in [0.2, 0.25) is 0 Å². The van der Waals surface area contributed by atoms with Crippen molar-refractivity contribution >= 4 is 11.9 Å². The van der Waals surface area contributed by atoms with Crippen LogP contribution in [0.25, 0.3) is 0 Å². The second-order valence-corrected chi connectivity index (χ2v) is 4.02. The van der Waals surface area contributed by atoms with Crippen LogP contribution in [0.3, 0.4) is 0 Å². The van der Waals surface area contributed by atoms with Gasteiger partial charge in [-0.05, 0) is 24.7 Å². The molecule has 0 aromatic heterocycles. The number of aliphatic carboxylic acids is 1. The maximum Gasteiger partial charge on any atom is 0.326 e. The Hall–Kier alpha value is -2.28. The molecule has 0 aliphatic carbocycles. The number of carbonyl (C=O) groups excluding carboxylic acids is 1. The lowest BCUT2D eigenvalue weighted by Crippen LogP contribution is -2.45. The van der Waals surface area contributed by atoms with Gasteiger partial charge in [-0.15, -0.1) is 0 Å². The van der Waals surface area contributed by atoms with E-state index in [0.717, 1.165) is 0 Å². The smallest absolute Gasteiger partial charge is 0.326 e. The molecule has 0 bridgehead atoms. The van der Waals surface area contributed by atoms with Crippen LogP contribution >= 0.6 is 0 Å². The first kappa shape index (κ1) is 14.8. The van der Waals surface area contributed by atoms with E-state index in [1.807, 2.05) is 0 Å². The Morgan fingerprint density at radius 1 is 1.26 bits per heavy atom. The number of carbonyl (C=O) groups is 2. The summed E-state index contributed by atoms with van der Waals surface area (Å²) in [5, 5.41) is 32.5. The van der Waals surface area contributed by atoms with E-state index < -0.39 is 17.9 Å². The van der Waals surface area contributed by atoms with Gasteiger partial charge in [0.05, 0.1) is 6.54 Å². The van der Waals surface area contributed by atoms with Crippen LogP contribution in [0.1, 0.15) is 5.56 Å². The van der Waals surface area contributed by atoms with Gasteiger partial charge in [0.2, 0.25) is 5.91 Å². The lowest BCUT2D eigenvalue weighted by atomic mass is 10.1. The normalized spacial score (nSPS) is 11.8. The van der Waals surface area contributed by atoms with Gasteiger partial charge in [-0.25, -0.2) is 4.79 Å². The first-order valence-corrected chi connectivity index (χ1v) is 5.61. The highest BCUT2D eigenvalue weighted by Crippen LogP contribution is 2.25. The number of carboxylic acid groups (broad SMARTS) is 1. The van der Waals surface area contributed by atoms with E-state index in [2.05, 4.69) is 10.6 Å². The average Bonchev–Trinajstić information content (AvgIpc) is 2.33. The zero-order valence-corrected chi connectivity index (χ0v) is 10.4. The molecule has 7 nitrogen and oxygen atoms in total. The highest BCUT2D eigenvalue weighted by Gasteiger charge is 2.20. The number of hydrogen-bond acceptors (Lipinski definition) is 5. The summed E-state index contributed by atoms with van der Waals surface area (Å²) in [4.78, 5) is 22.4. The fraction of sp³-hybridized carbons (Fsp3) is 0.333. The first-order chi connectivity index (χ1) is 8.93. The van der Waals surface area contributed by atoms with Crippen LogP contribution in [0.5, 0.6) is 11.5 Å². The molecule has 0 radical (unpaired) electrons. The Morgan fingerprint density at radius 2 is 1.95 bits per heavy atom. The van der Waals surface area contributed by atoms with Crippen LogP contribution in [-0.4, -0.2) is 46.8 Å². The zero-order chi connectivity index (χ0) is 14.4. The summed E-state index contributed by atoms with van der Waals surface area (Å²) in [5.41, 5.74) is 0.493. The minimum Gasteiger partial charge on any atom is -0.504 e. The minimum absolute atomic E-state index is 0.0125. The van der Waals surface area contributed by atoms with E-state index >= 15 is 0 Å². The number of hydrogen-bond donors (Lipinski definition) is 5. The number of phenolic OH excluding ortho intramolecular Hbond substituents is 2. The second-order valence-electron chi connectivity index (χ2n) is 4.02. The van der Waals surface area contributed by atoms with E-state index in [0.29, 0.717) is 5.56 Å². The third-order valence-electron chi connectivity index (χ3n) is 2.45. The molecule has 0 unspecified atom stereocenters. The summed E-state index contributed by atoms with van der Waals surface area (Å²) in [6, 6.07) is 2.91. The molecule has 0 saturated carbocycles. The average molecular weight is 268 g/mol. The van der Waals surface area contributed by atoms with E-state index in [4.69, 9.17) is 10.2 Å². The van der Waals surface area contributed by atoms with Gasteiger partial charge in [-0.3, -0.25) is 4.79 Å². The molecule has 0 saturated heterocycles. The van der Waals surface area contributed by atoms with Crippen molar-refractivity contribution in [3.63, 3.8) is 0 Å². The van der Waals surface area contributed by atoms with Gasteiger partial charge in [-0.1, -0.05) is 6.07 Å². The van der Waals surface area contributed by atoms with Crippen molar-refractivity contribution in [2.45, 2.75) is 12.5 Å². The second kappa shape index (κ2) is 6.60. The number of likely N-dealkylation sites (N-methyl/N-ethyl adjacent to an activating group) is 1. The van der Waals surface area contributed by atoms with Gasteiger partial charge >= 0.3 is 5.97 Å². The molecule has 1 atom stereocenters. The topological polar surface area (TPSA) is 119 Å². The number of benzene rings is 1. The number of rotatable bonds is 6. The van der Waals surface area contributed by atoms with Gasteiger partial charge in [0.15, 0.2) is 11.5 Å². The highest BCUT2D eigenvalue weighted by molar-refractivity contribution is 5.84. The van der Waals surface area contributed by atoms with Gasteiger partial charge in [-0.2, -0.15) is 0 Å². The van der Waals surface area contributed by atoms with Gasteiger partial charge in [0.25, 0.3) is 0 Å². The monoisotopic (exact) mass is 268 g/mol. The Balaban J connectivity index is 2.75. The lowest BCUT2D eigenvalue weighted by molar-refractivity contribution is -0.141. The maximum atomic E-state index is 11.3. The van der Waals surface area contributed by atoms with Gasteiger partial charge in [0, 0.05) is 6.42 Å². The maximum absolute atomic E-state index is 11.3. The van der Waals surface area contributed by atoms with Crippen molar-refractivity contribution in [3.05, 3.63) is 23.8 Å². The fourth-order valence-electron chi connectivity index (χ4n) is 1.54. The summed E-state index contributed by atoms with van der Waals surface area (Å²) in [5.74, 6) is -2.21. The Labute approximate surface area is 109 Å². The summed E-state index contributed by atoms with van der Waals surface area (Å²) >= 11 is 0. The van der Waals surface area contributed by atoms with Crippen molar-refractivity contribution < 1.29 is 24.9 Å².